The Morgan fingerprint density at radius 2 is 1.76 bits per heavy atom. The lowest BCUT2D eigenvalue weighted by Crippen LogP contribution is -2.17. The smallest absolute Gasteiger partial charge is 0.379 e. The zero-order chi connectivity index (χ0) is 12.8. The van der Waals surface area contributed by atoms with Gasteiger partial charge in [-0.2, -0.15) is 0 Å². The van der Waals surface area contributed by atoms with E-state index in [1.54, 1.807) is 13.0 Å². The highest BCUT2D eigenvalue weighted by Crippen LogP contribution is 2.27. The van der Waals surface area contributed by atoms with E-state index < -0.39 is 11.8 Å². The second kappa shape index (κ2) is 5.89. The number of carbonyl (C=O) groups is 2. The zero-order valence-corrected chi connectivity index (χ0v) is 9.98. The molecule has 0 radical (unpaired) electrons. The highest BCUT2D eigenvalue weighted by atomic mass is 16.5. The van der Waals surface area contributed by atoms with Crippen molar-refractivity contribution in [3.8, 4) is 11.5 Å². The molecule has 0 aliphatic heterocycles. The average Bonchev–Trinajstić information content (AvgIpc) is 2.37. The summed E-state index contributed by atoms with van der Waals surface area (Å²) in [7, 11) is 2.95. The minimum absolute atomic E-state index is 0.165. The van der Waals surface area contributed by atoms with Crippen LogP contribution in [0.4, 0.5) is 0 Å². The molecule has 5 heteroatoms. The number of carbonyl (C=O) groups excluding carboxylic acids is 2. The fourth-order valence-electron chi connectivity index (χ4n) is 1.29. The highest BCUT2D eigenvalue weighted by Gasteiger charge is 2.19. The maximum atomic E-state index is 11.6. The second-order valence-corrected chi connectivity index (χ2v) is 3.12. The van der Waals surface area contributed by atoms with Crippen LogP contribution in [0.5, 0.6) is 11.5 Å². The summed E-state index contributed by atoms with van der Waals surface area (Å²) in [5.41, 5.74) is 0.209. The largest absolute Gasteiger partial charge is 0.493 e. The first kappa shape index (κ1) is 13.0. The van der Waals surface area contributed by atoms with E-state index in [1.165, 1.54) is 26.4 Å². The van der Waals surface area contributed by atoms with E-state index in [4.69, 9.17) is 9.47 Å². The van der Waals surface area contributed by atoms with Gasteiger partial charge >= 0.3 is 5.97 Å². The number of hydrogen-bond acceptors (Lipinski definition) is 5. The van der Waals surface area contributed by atoms with E-state index in [2.05, 4.69) is 4.74 Å². The van der Waals surface area contributed by atoms with E-state index >= 15 is 0 Å². The molecule has 17 heavy (non-hydrogen) atoms. The Kier molecular flexibility index (Phi) is 4.51. The van der Waals surface area contributed by atoms with Crippen molar-refractivity contribution in [3.05, 3.63) is 23.8 Å². The number of Topliss-reactive ketones (excluding diaryl/α,β-unsaturated/α-hetero) is 1. The first-order valence-electron chi connectivity index (χ1n) is 5.07. The Morgan fingerprint density at radius 3 is 2.29 bits per heavy atom. The molecule has 5 nitrogen and oxygen atoms in total. The molecule has 0 aromatic heterocycles. The summed E-state index contributed by atoms with van der Waals surface area (Å²) in [5, 5.41) is 0. The molecule has 1 rings (SSSR count). The Balaban J connectivity index is 2.99. The molecule has 0 unspecified atom stereocenters. The fraction of sp³-hybridized carbons (Fsp3) is 0.333. The summed E-state index contributed by atoms with van der Waals surface area (Å²) in [6, 6.07) is 4.49. The highest BCUT2D eigenvalue weighted by molar-refractivity contribution is 6.40. The van der Waals surface area contributed by atoms with Crippen LogP contribution in [0.15, 0.2) is 18.2 Å². The van der Waals surface area contributed by atoms with Crippen molar-refractivity contribution >= 4 is 11.8 Å². The third kappa shape index (κ3) is 2.96. The van der Waals surface area contributed by atoms with Gasteiger partial charge in [0.1, 0.15) is 0 Å². The topological polar surface area (TPSA) is 61.8 Å². The minimum atomic E-state index is -0.875. The van der Waals surface area contributed by atoms with Crippen molar-refractivity contribution in [2.75, 3.05) is 20.8 Å². The van der Waals surface area contributed by atoms with Crippen molar-refractivity contribution in [3.63, 3.8) is 0 Å². The summed E-state index contributed by atoms with van der Waals surface area (Å²) in [4.78, 5) is 22.9. The van der Waals surface area contributed by atoms with E-state index in [0.29, 0.717) is 11.5 Å². The maximum absolute atomic E-state index is 11.6. The Labute approximate surface area is 99.3 Å². The summed E-state index contributed by atoms with van der Waals surface area (Å²) in [5.74, 6) is -0.692. The van der Waals surface area contributed by atoms with Crippen LogP contribution in [0.25, 0.3) is 0 Å². The van der Waals surface area contributed by atoms with Crippen LogP contribution >= 0.6 is 0 Å². The summed E-state index contributed by atoms with van der Waals surface area (Å²) in [6.45, 7) is 1.80. The quantitative estimate of drug-likeness (QED) is 0.441. The normalized spacial score (nSPS) is 9.59. The average molecular weight is 238 g/mol. The lowest BCUT2D eigenvalue weighted by Gasteiger charge is -2.08. The van der Waals surface area contributed by atoms with E-state index in [9.17, 15) is 9.59 Å². The summed E-state index contributed by atoms with van der Waals surface area (Å²) < 4.78 is 14.7. The van der Waals surface area contributed by atoms with Gasteiger partial charge in [-0.05, 0) is 25.1 Å². The van der Waals surface area contributed by atoms with Crippen molar-refractivity contribution in [2.24, 2.45) is 0 Å². The lowest BCUT2D eigenvalue weighted by atomic mass is 10.1. The molecule has 1 aromatic carbocycles. The van der Waals surface area contributed by atoms with Gasteiger partial charge < -0.3 is 14.2 Å². The molecule has 1 aromatic rings. The molecule has 0 spiro atoms. The van der Waals surface area contributed by atoms with Crippen molar-refractivity contribution in [2.45, 2.75) is 6.92 Å². The SMILES string of the molecule is CCOC(=O)C(=O)c1ccc(OC)c(OC)c1. The molecule has 0 N–H and O–H groups in total. The van der Waals surface area contributed by atoms with Gasteiger partial charge in [-0.1, -0.05) is 0 Å². The van der Waals surface area contributed by atoms with Gasteiger partial charge in [-0.3, -0.25) is 4.79 Å². The van der Waals surface area contributed by atoms with Gasteiger partial charge in [-0.15, -0.1) is 0 Å². The summed E-state index contributed by atoms with van der Waals surface area (Å²) >= 11 is 0. The van der Waals surface area contributed by atoms with Gasteiger partial charge in [0.25, 0.3) is 5.78 Å². The number of hydrogen-bond donors (Lipinski definition) is 0. The Hall–Kier alpha value is -2.04. The van der Waals surface area contributed by atoms with Crippen molar-refractivity contribution in [1.82, 2.24) is 0 Å². The first-order valence-corrected chi connectivity index (χ1v) is 5.07. The lowest BCUT2D eigenvalue weighted by molar-refractivity contribution is -0.137. The van der Waals surface area contributed by atoms with Crippen LogP contribution in [0.2, 0.25) is 0 Å². The van der Waals surface area contributed by atoms with E-state index in [-0.39, 0.29) is 12.2 Å². The molecule has 92 valence electrons. The van der Waals surface area contributed by atoms with Gasteiger partial charge in [0.05, 0.1) is 20.8 Å². The van der Waals surface area contributed by atoms with Crippen LogP contribution in [0, 0.1) is 0 Å². The van der Waals surface area contributed by atoms with Crippen molar-refractivity contribution in [1.29, 1.82) is 0 Å². The Morgan fingerprint density at radius 1 is 1.12 bits per heavy atom. The third-order valence-corrected chi connectivity index (χ3v) is 2.11. The number of benzene rings is 1. The van der Waals surface area contributed by atoms with Crippen LogP contribution in [0.3, 0.4) is 0 Å². The molecule has 0 amide bonds. The van der Waals surface area contributed by atoms with Gasteiger partial charge in [-0.25, -0.2) is 4.79 Å². The molecular formula is C12H14O5. The standard InChI is InChI=1S/C12H14O5/c1-4-17-12(14)11(13)8-5-6-9(15-2)10(7-8)16-3/h5-7H,4H2,1-3H3. The van der Waals surface area contributed by atoms with Crippen LogP contribution in [-0.4, -0.2) is 32.6 Å². The number of rotatable bonds is 5. The van der Waals surface area contributed by atoms with E-state index in [0.717, 1.165) is 0 Å². The molecular weight excluding hydrogens is 224 g/mol. The molecule has 0 aliphatic carbocycles. The summed E-state index contributed by atoms with van der Waals surface area (Å²) in [6.07, 6.45) is 0. The monoisotopic (exact) mass is 238 g/mol. The molecule has 0 bridgehead atoms. The Bertz CT molecular complexity index is 425. The fourth-order valence-corrected chi connectivity index (χ4v) is 1.29. The number of ketones is 1. The van der Waals surface area contributed by atoms with Gasteiger partial charge in [0.15, 0.2) is 11.5 Å². The van der Waals surface area contributed by atoms with Crippen LogP contribution < -0.4 is 9.47 Å². The number of methoxy groups -OCH3 is 2. The van der Waals surface area contributed by atoms with Crippen LogP contribution in [0.1, 0.15) is 17.3 Å². The van der Waals surface area contributed by atoms with Crippen LogP contribution in [-0.2, 0) is 9.53 Å². The van der Waals surface area contributed by atoms with Gasteiger partial charge in [0, 0.05) is 5.56 Å². The second-order valence-electron chi connectivity index (χ2n) is 3.12. The molecule has 0 saturated heterocycles. The molecule has 0 heterocycles. The first-order chi connectivity index (χ1) is 8.13. The van der Waals surface area contributed by atoms with Crippen molar-refractivity contribution < 1.29 is 23.8 Å². The molecule has 0 saturated carbocycles. The van der Waals surface area contributed by atoms with Gasteiger partial charge in [0.2, 0.25) is 0 Å². The van der Waals surface area contributed by atoms with E-state index in [1.807, 2.05) is 0 Å². The minimum Gasteiger partial charge on any atom is -0.493 e. The predicted molar refractivity (Wildman–Crippen MR) is 60.5 cm³/mol. The zero-order valence-electron chi connectivity index (χ0n) is 9.98. The molecule has 0 aliphatic rings. The molecule has 0 fully saturated rings. The third-order valence-electron chi connectivity index (χ3n) is 2.11. The predicted octanol–water partition coefficient (Wildman–Crippen LogP) is 1.45. The molecule has 0 atom stereocenters. The number of ether oxygens (including phenoxy) is 3. The maximum Gasteiger partial charge on any atom is 0.379 e. The number of esters is 1.